The minimum atomic E-state index is -3.98. The van der Waals surface area contributed by atoms with E-state index in [-0.39, 0.29) is 4.90 Å². The Morgan fingerprint density at radius 3 is 2.55 bits per heavy atom. The number of aliphatic carboxylic acids is 1. The molecule has 1 aromatic carbocycles. The lowest BCUT2D eigenvalue weighted by Gasteiger charge is -2.21. The second kappa shape index (κ2) is 4.84. The van der Waals surface area contributed by atoms with Crippen LogP contribution in [-0.2, 0) is 14.8 Å². The fourth-order valence-corrected chi connectivity index (χ4v) is 3.28. The van der Waals surface area contributed by atoms with Crippen LogP contribution in [-0.4, -0.2) is 30.0 Å². The molecule has 106 valence electrons. The molecule has 1 aromatic heterocycles. The Hall–Kier alpha value is -1.99. The van der Waals surface area contributed by atoms with E-state index in [1.165, 1.54) is 26.1 Å². The summed E-state index contributed by atoms with van der Waals surface area (Å²) in [4.78, 5) is 15.1. The van der Waals surface area contributed by atoms with Gasteiger partial charge in [-0.05, 0) is 26.0 Å². The van der Waals surface area contributed by atoms with Gasteiger partial charge in [0.05, 0.1) is 5.52 Å². The fraction of sp³-hybridized carbons (Fsp3) is 0.231. The van der Waals surface area contributed by atoms with Crippen molar-refractivity contribution in [1.29, 1.82) is 0 Å². The maximum Gasteiger partial charge on any atom is 0.324 e. The zero-order chi connectivity index (χ0) is 15.0. The maximum atomic E-state index is 12.4. The predicted molar refractivity (Wildman–Crippen MR) is 73.8 cm³/mol. The van der Waals surface area contributed by atoms with Crippen LogP contribution in [0.15, 0.2) is 41.4 Å². The van der Waals surface area contributed by atoms with Crippen molar-refractivity contribution in [3.05, 3.63) is 36.5 Å². The van der Waals surface area contributed by atoms with Crippen LogP contribution in [0.4, 0.5) is 0 Å². The first-order chi connectivity index (χ1) is 9.24. The number of hydrogen-bond acceptors (Lipinski definition) is 4. The van der Waals surface area contributed by atoms with Crippen molar-refractivity contribution in [2.75, 3.05) is 0 Å². The summed E-state index contributed by atoms with van der Waals surface area (Å²) in [5, 5.41) is 9.69. The van der Waals surface area contributed by atoms with Gasteiger partial charge >= 0.3 is 5.97 Å². The van der Waals surface area contributed by atoms with Gasteiger partial charge in [0.2, 0.25) is 10.0 Å². The van der Waals surface area contributed by atoms with E-state index in [1.54, 1.807) is 24.3 Å². The number of carboxylic acids is 1. The minimum absolute atomic E-state index is 0.0371. The average molecular weight is 294 g/mol. The smallest absolute Gasteiger partial charge is 0.324 e. The molecule has 0 unspecified atom stereocenters. The highest BCUT2D eigenvalue weighted by atomic mass is 32.2. The van der Waals surface area contributed by atoms with Crippen molar-refractivity contribution in [2.45, 2.75) is 24.3 Å². The first-order valence-electron chi connectivity index (χ1n) is 5.85. The number of sulfonamides is 1. The van der Waals surface area contributed by atoms with E-state index in [2.05, 4.69) is 9.71 Å². The summed E-state index contributed by atoms with van der Waals surface area (Å²) in [7, 11) is -3.98. The summed E-state index contributed by atoms with van der Waals surface area (Å²) in [5.74, 6) is -1.26. The first kappa shape index (κ1) is 14.4. The van der Waals surface area contributed by atoms with Crippen LogP contribution in [0.2, 0.25) is 0 Å². The Balaban J connectivity index is 2.56. The van der Waals surface area contributed by atoms with Crippen LogP contribution in [0.3, 0.4) is 0 Å². The Morgan fingerprint density at radius 2 is 1.90 bits per heavy atom. The molecule has 6 nitrogen and oxygen atoms in total. The average Bonchev–Trinajstić information content (AvgIpc) is 2.36. The lowest BCUT2D eigenvalue weighted by molar-refractivity contribution is -0.142. The SMILES string of the molecule is CC(C)(NS(=O)(=O)c1cccc2cccnc12)C(=O)O. The number of benzene rings is 1. The zero-order valence-corrected chi connectivity index (χ0v) is 11.8. The van der Waals surface area contributed by atoms with E-state index in [9.17, 15) is 13.2 Å². The molecule has 0 aliphatic rings. The maximum absolute atomic E-state index is 12.4. The highest BCUT2D eigenvalue weighted by Gasteiger charge is 2.33. The fourth-order valence-electron chi connectivity index (χ4n) is 1.73. The second-order valence-electron chi connectivity index (χ2n) is 4.87. The molecule has 20 heavy (non-hydrogen) atoms. The molecule has 0 aliphatic carbocycles. The molecule has 2 rings (SSSR count). The number of hydrogen-bond donors (Lipinski definition) is 2. The van der Waals surface area contributed by atoms with E-state index in [0.29, 0.717) is 10.9 Å². The van der Waals surface area contributed by atoms with Crippen molar-refractivity contribution < 1.29 is 18.3 Å². The quantitative estimate of drug-likeness (QED) is 0.888. The monoisotopic (exact) mass is 294 g/mol. The number of nitrogens with one attached hydrogen (secondary N) is 1. The third-order valence-corrected chi connectivity index (χ3v) is 4.50. The Morgan fingerprint density at radius 1 is 1.25 bits per heavy atom. The van der Waals surface area contributed by atoms with E-state index >= 15 is 0 Å². The third kappa shape index (κ3) is 2.63. The summed E-state index contributed by atoms with van der Waals surface area (Å²) in [6, 6.07) is 8.17. The molecule has 0 amide bonds. The first-order valence-corrected chi connectivity index (χ1v) is 7.33. The van der Waals surface area contributed by atoms with Crippen molar-refractivity contribution in [1.82, 2.24) is 9.71 Å². The molecule has 0 atom stereocenters. The van der Waals surface area contributed by atoms with Gasteiger partial charge in [-0.15, -0.1) is 0 Å². The minimum Gasteiger partial charge on any atom is -0.480 e. The van der Waals surface area contributed by atoms with Crippen molar-refractivity contribution in [3.8, 4) is 0 Å². The highest BCUT2D eigenvalue weighted by molar-refractivity contribution is 7.89. The Kier molecular flexibility index (Phi) is 3.49. The molecule has 2 N–H and O–H groups in total. The van der Waals surface area contributed by atoms with Crippen molar-refractivity contribution in [3.63, 3.8) is 0 Å². The van der Waals surface area contributed by atoms with Crippen LogP contribution in [0, 0.1) is 0 Å². The highest BCUT2D eigenvalue weighted by Crippen LogP contribution is 2.21. The molecule has 0 fully saturated rings. The van der Waals surface area contributed by atoms with Crippen molar-refractivity contribution >= 4 is 26.9 Å². The van der Waals surface area contributed by atoms with Crippen molar-refractivity contribution in [2.24, 2.45) is 0 Å². The summed E-state index contributed by atoms with van der Waals surface area (Å²) in [5.41, 5.74) is -1.29. The number of nitrogens with zero attached hydrogens (tertiary/aromatic N) is 1. The van der Waals surface area contributed by atoms with Gasteiger partial charge in [0.15, 0.2) is 0 Å². The largest absolute Gasteiger partial charge is 0.480 e. The van der Waals surface area contributed by atoms with Crippen LogP contribution >= 0.6 is 0 Å². The number of carbonyl (C=O) groups is 1. The molecule has 0 saturated heterocycles. The van der Waals surface area contributed by atoms with Gasteiger partial charge in [-0.3, -0.25) is 9.78 Å². The molecular formula is C13H14N2O4S. The number of para-hydroxylation sites is 1. The number of carboxylic acid groups (broad SMARTS) is 1. The number of fused-ring (bicyclic) bond motifs is 1. The standard InChI is InChI=1S/C13H14N2O4S/c1-13(2,12(16)17)15-20(18,19)10-7-3-5-9-6-4-8-14-11(9)10/h3-8,15H,1-2H3,(H,16,17). The molecule has 7 heteroatoms. The lowest BCUT2D eigenvalue weighted by Crippen LogP contribution is -2.49. The zero-order valence-electron chi connectivity index (χ0n) is 11.0. The Bertz CT molecular complexity index is 764. The van der Waals surface area contributed by atoms with Crippen LogP contribution in [0.25, 0.3) is 10.9 Å². The summed E-state index contributed by atoms with van der Waals surface area (Å²) in [6.07, 6.45) is 1.49. The van der Waals surface area contributed by atoms with Crippen LogP contribution < -0.4 is 4.72 Å². The predicted octanol–water partition coefficient (Wildman–Crippen LogP) is 1.38. The lowest BCUT2D eigenvalue weighted by atomic mass is 10.1. The number of aromatic nitrogens is 1. The van der Waals surface area contributed by atoms with Gasteiger partial charge < -0.3 is 5.11 Å². The molecule has 0 aliphatic heterocycles. The van der Waals surface area contributed by atoms with E-state index < -0.39 is 21.5 Å². The van der Waals surface area contributed by atoms with Gasteiger partial charge in [-0.1, -0.05) is 18.2 Å². The number of pyridine rings is 1. The van der Waals surface area contributed by atoms with E-state index in [1.807, 2.05) is 0 Å². The topological polar surface area (TPSA) is 96.4 Å². The van der Waals surface area contributed by atoms with Crippen LogP contribution in [0.5, 0.6) is 0 Å². The van der Waals surface area contributed by atoms with Crippen LogP contribution in [0.1, 0.15) is 13.8 Å². The third-order valence-electron chi connectivity index (χ3n) is 2.81. The van der Waals surface area contributed by atoms with Gasteiger partial charge in [0.25, 0.3) is 0 Å². The summed E-state index contributed by atoms with van der Waals surface area (Å²) < 4.78 is 26.9. The molecule has 0 spiro atoms. The van der Waals surface area contributed by atoms with Gasteiger partial charge in [-0.2, -0.15) is 4.72 Å². The normalized spacial score (nSPS) is 12.5. The summed E-state index contributed by atoms with van der Waals surface area (Å²) in [6.45, 7) is 2.57. The van der Waals surface area contributed by atoms with Gasteiger partial charge in [0, 0.05) is 11.6 Å². The van der Waals surface area contributed by atoms with E-state index in [0.717, 1.165) is 0 Å². The molecule has 0 saturated carbocycles. The second-order valence-corrected chi connectivity index (χ2v) is 6.52. The Labute approximate surface area is 116 Å². The molecule has 0 bridgehead atoms. The summed E-state index contributed by atoms with van der Waals surface area (Å²) >= 11 is 0. The van der Waals surface area contributed by atoms with Gasteiger partial charge in [0.1, 0.15) is 10.4 Å². The molecule has 2 aromatic rings. The number of rotatable bonds is 4. The molecule has 1 heterocycles. The molecular weight excluding hydrogens is 280 g/mol. The van der Waals surface area contributed by atoms with Gasteiger partial charge in [-0.25, -0.2) is 8.42 Å². The molecule has 0 radical (unpaired) electrons. The van der Waals surface area contributed by atoms with E-state index in [4.69, 9.17) is 5.11 Å².